The first-order valence-electron chi connectivity index (χ1n) is 8.80. The summed E-state index contributed by atoms with van der Waals surface area (Å²) in [5.41, 5.74) is 8.17. The van der Waals surface area contributed by atoms with Crippen molar-refractivity contribution in [3.63, 3.8) is 0 Å². The number of nitrogens with zero attached hydrogens (tertiary/aromatic N) is 3. The van der Waals surface area contributed by atoms with Gasteiger partial charge in [0.05, 0.1) is 5.57 Å². The molecule has 6 nitrogen and oxygen atoms in total. The van der Waals surface area contributed by atoms with Crippen LogP contribution in [0, 0.1) is 5.82 Å². The summed E-state index contributed by atoms with van der Waals surface area (Å²) in [4.78, 5) is 16.7. The van der Waals surface area contributed by atoms with Crippen molar-refractivity contribution in [2.75, 3.05) is 5.32 Å². The predicted molar refractivity (Wildman–Crippen MR) is 114 cm³/mol. The number of rotatable bonds is 5. The topological polar surface area (TPSA) is 85.8 Å². The molecule has 0 saturated heterocycles. The molecule has 3 aromatic rings. The van der Waals surface area contributed by atoms with E-state index in [1.165, 1.54) is 17.8 Å². The zero-order valence-electron chi connectivity index (χ0n) is 15.4. The number of primary amides is 1. The fraction of sp³-hybridized carbons (Fsp3) is 0.150. The molecule has 0 radical (unpaired) electrons. The van der Waals surface area contributed by atoms with Crippen LogP contribution < -0.4 is 11.1 Å². The molecule has 0 saturated carbocycles. The third-order valence-corrected chi connectivity index (χ3v) is 5.96. The number of carbonyl (C=O) groups excluding carboxylic acids is 1. The summed E-state index contributed by atoms with van der Waals surface area (Å²) in [7, 11) is 0. The number of aromatic nitrogens is 3. The van der Waals surface area contributed by atoms with Gasteiger partial charge in [-0.3, -0.25) is 4.79 Å². The van der Waals surface area contributed by atoms with Crippen LogP contribution >= 0.6 is 27.7 Å². The second-order valence-electron chi connectivity index (χ2n) is 6.53. The molecule has 9 heteroatoms. The van der Waals surface area contributed by atoms with Crippen molar-refractivity contribution in [3.05, 3.63) is 81.2 Å². The highest BCUT2D eigenvalue weighted by atomic mass is 79.9. The molecule has 29 heavy (non-hydrogen) atoms. The Bertz CT molecular complexity index is 1130. The Morgan fingerprint density at radius 1 is 1.31 bits per heavy atom. The molecule has 0 fully saturated rings. The third kappa shape index (κ3) is 3.92. The van der Waals surface area contributed by atoms with Crippen LogP contribution in [0.4, 0.5) is 10.3 Å². The first-order valence-corrected chi connectivity index (χ1v) is 10.6. The highest BCUT2D eigenvalue weighted by Crippen LogP contribution is 2.37. The van der Waals surface area contributed by atoms with Gasteiger partial charge in [0.2, 0.25) is 17.0 Å². The number of allylic oxidation sites excluding steroid dienone is 1. The molecule has 0 unspecified atom stereocenters. The molecule has 0 spiro atoms. The lowest BCUT2D eigenvalue weighted by Crippen LogP contribution is -2.31. The van der Waals surface area contributed by atoms with Crippen LogP contribution in [-0.4, -0.2) is 20.7 Å². The lowest BCUT2D eigenvalue weighted by Gasteiger charge is -2.27. The second kappa shape index (κ2) is 8.00. The molecule has 2 heterocycles. The largest absolute Gasteiger partial charge is 0.366 e. The maximum absolute atomic E-state index is 13.9. The van der Waals surface area contributed by atoms with E-state index in [1.54, 1.807) is 29.8 Å². The average Bonchev–Trinajstić information content (AvgIpc) is 3.08. The SMILES string of the molecule is CC1=C(C(N)=O)[C@@H](c2cccc(Br)c2)n2nc(SCc3ccccc3F)nc2N1. The van der Waals surface area contributed by atoms with Gasteiger partial charge in [0.25, 0.3) is 0 Å². The van der Waals surface area contributed by atoms with Gasteiger partial charge in [-0.25, -0.2) is 9.07 Å². The Morgan fingerprint density at radius 2 is 2.10 bits per heavy atom. The molecule has 2 aromatic carbocycles. The highest BCUT2D eigenvalue weighted by molar-refractivity contribution is 9.10. The Kier molecular flexibility index (Phi) is 5.42. The van der Waals surface area contributed by atoms with Crippen molar-refractivity contribution in [2.24, 2.45) is 5.73 Å². The zero-order valence-corrected chi connectivity index (χ0v) is 17.8. The first kappa shape index (κ1) is 19.7. The standard InChI is InChI=1S/C20H17BrFN5OS/c1-11-16(18(23)28)17(12-6-4-7-14(21)9-12)27-19(24-11)25-20(26-27)29-10-13-5-2-3-8-15(13)22/h2-9,17H,10H2,1H3,(H2,23,28)(H,24,25,26)/t17-/m1/s1. The quantitative estimate of drug-likeness (QED) is 0.541. The van der Waals surface area contributed by atoms with Crippen LogP contribution in [0.2, 0.25) is 0 Å². The van der Waals surface area contributed by atoms with Gasteiger partial charge in [-0.05, 0) is 36.2 Å². The Balaban J connectivity index is 1.70. The Morgan fingerprint density at radius 3 is 2.83 bits per heavy atom. The first-order chi connectivity index (χ1) is 13.9. The number of carbonyl (C=O) groups is 1. The molecule has 4 rings (SSSR count). The van der Waals surface area contributed by atoms with E-state index >= 15 is 0 Å². The molecular weight excluding hydrogens is 457 g/mol. The number of halogens is 2. The van der Waals surface area contributed by atoms with E-state index in [-0.39, 0.29) is 5.82 Å². The number of benzene rings is 2. The fourth-order valence-electron chi connectivity index (χ4n) is 3.25. The van der Waals surface area contributed by atoms with Crippen molar-refractivity contribution in [1.82, 2.24) is 14.8 Å². The Hall–Kier alpha value is -2.65. The average molecular weight is 474 g/mol. The molecule has 1 amide bonds. The molecule has 1 aliphatic rings. The number of thioether (sulfide) groups is 1. The number of hydrogen-bond acceptors (Lipinski definition) is 5. The van der Waals surface area contributed by atoms with Gasteiger partial charge in [0.15, 0.2) is 0 Å². The number of fused-ring (bicyclic) bond motifs is 1. The van der Waals surface area contributed by atoms with Crippen molar-refractivity contribution < 1.29 is 9.18 Å². The number of nitrogens with one attached hydrogen (secondary N) is 1. The summed E-state index contributed by atoms with van der Waals surface area (Å²) >= 11 is 4.80. The third-order valence-electron chi connectivity index (χ3n) is 4.58. The Labute approximate surface area is 179 Å². The minimum atomic E-state index is -0.526. The summed E-state index contributed by atoms with van der Waals surface area (Å²) < 4.78 is 16.4. The number of amides is 1. The monoisotopic (exact) mass is 473 g/mol. The van der Waals surface area contributed by atoms with Crippen molar-refractivity contribution in [3.8, 4) is 0 Å². The normalized spacial score (nSPS) is 15.8. The molecule has 148 valence electrons. The van der Waals surface area contributed by atoms with Crippen molar-refractivity contribution in [2.45, 2.75) is 23.9 Å². The van der Waals surface area contributed by atoms with Gasteiger partial charge in [-0.1, -0.05) is 58.0 Å². The molecule has 0 bridgehead atoms. The van der Waals surface area contributed by atoms with Gasteiger partial charge in [0.1, 0.15) is 11.9 Å². The van der Waals surface area contributed by atoms with E-state index in [9.17, 15) is 9.18 Å². The summed E-state index contributed by atoms with van der Waals surface area (Å²) in [5, 5.41) is 8.16. The molecule has 1 aliphatic heterocycles. The second-order valence-corrected chi connectivity index (χ2v) is 8.39. The van der Waals surface area contributed by atoms with Gasteiger partial charge in [-0.15, -0.1) is 5.10 Å². The summed E-state index contributed by atoms with van der Waals surface area (Å²) in [6, 6.07) is 13.7. The zero-order chi connectivity index (χ0) is 20.5. The maximum atomic E-state index is 13.9. The van der Waals surface area contributed by atoms with Crippen LogP contribution in [-0.2, 0) is 10.5 Å². The van der Waals surface area contributed by atoms with Crippen LogP contribution in [0.3, 0.4) is 0 Å². The summed E-state index contributed by atoms with van der Waals surface area (Å²) in [5.74, 6) is 0.116. The van der Waals surface area contributed by atoms with Gasteiger partial charge in [-0.2, -0.15) is 4.98 Å². The molecule has 1 atom stereocenters. The predicted octanol–water partition coefficient (Wildman–Crippen LogP) is 4.25. The van der Waals surface area contributed by atoms with E-state index < -0.39 is 11.9 Å². The minimum absolute atomic E-state index is 0.261. The number of nitrogens with two attached hydrogens (primary N) is 1. The van der Waals surface area contributed by atoms with Crippen LogP contribution in [0.1, 0.15) is 24.1 Å². The fourth-order valence-corrected chi connectivity index (χ4v) is 4.49. The van der Waals surface area contributed by atoms with E-state index in [2.05, 4.69) is 31.3 Å². The lowest BCUT2D eigenvalue weighted by atomic mass is 9.95. The van der Waals surface area contributed by atoms with Crippen molar-refractivity contribution >= 4 is 39.5 Å². The van der Waals surface area contributed by atoms with E-state index in [0.29, 0.717) is 33.7 Å². The van der Waals surface area contributed by atoms with Crippen LogP contribution in [0.15, 0.2) is 69.4 Å². The lowest BCUT2D eigenvalue weighted by molar-refractivity contribution is -0.115. The van der Waals surface area contributed by atoms with E-state index in [4.69, 9.17) is 5.73 Å². The molecule has 3 N–H and O–H groups in total. The summed E-state index contributed by atoms with van der Waals surface area (Å²) in [6.45, 7) is 1.79. The molecule has 1 aromatic heterocycles. The van der Waals surface area contributed by atoms with Gasteiger partial charge < -0.3 is 11.1 Å². The summed E-state index contributed by atoms with van der Waals surface area (Å²) in [6.07, 6.45) is 0. The maximum Gasteiger partial charge on any atom is 0.248 e. The number of anilines is 1. The van der Waals surface area contributed by atoms with Gasteiger partial charge >= 0.3 is 0 Å². The van der Waals surface area contributed by atoms with Crippen molar-refractivity contribution in [1.29, 1.82) is 0 Å². The molecule has 0 aliphatic carbocycles. The number of hydrogen-bond donors (Lipinski definition) is 2. The van der Waals surface area contributed by atoms with E-state index in [1.807, 2.05) is 24.3 Å². The van der Waals surface area contributed by atoms with Gasteiger partial charge in [0, 0.05) is 15.9 Å². The smallest absolute Gasteiger partial charge is 0.248 e. The van der Waals surface area contributed by atoms with E-state index in [0.717, 1.165) is 10.0 Å². The molecular formula is C20H17BrFN5OS. The van der Waals surface area contributed by atoms with Crippen LogP contribution in [0.5, 0.6) is 0 Å². The highest BCUT2D eigenvalue weighted by Gasteiger charge is 2.33. The minimum Gasteiger partial charge on any atom is -0.366 e. The van der Waals surface area contributed by atoms with Crippen LogP contribution in [0.25, 0.3) is 0 Å².